The van der Waals surface area contributed by atoms with E-state index in [9.17, 15) is 9.59 Å². The Kier molecular flexibility index (Phi) is 22.4. The molecule has 0 aromatic heterocycles. The highest BCUT2D eigenvalue weighted by Crippen LogP contribution is 2.15. The first-order valence-electron chi connectivity index (χ1n) is 13.2. The molecule has 0 spiro atoms. The van der Waals surface area contributed by atoms with Gasteiger partial charge in [0.1, 0.15) is 5.78 Å². The van der Waals surface area contributed by atoms with Crippen LogP contribution < -0.4 is 5.73 Å². The molecule has 0 saturated heterocycles. The van der Waals surface area contributed by atoms with Crippen molar-refractivity contribution in [3.63, 3.8) is 0 Å². The largest absolute Gasteiger partial charge is 0.321 e. The topological polar surface area (TPSA) is 60.2 Å². The summed E-state index contributed by atoms with van der Waals surface area (Å²) in [6, 6.07) is -0.264. The summed E-state index contributed by atoms with van der Waals surface area (Å²) in [6.07, 6.45) is 28.2. The molecular weight excluding hydrogens is 370 g/mol. The number of ketones is 1. The minimum absolute atomic E-state index is 0.242. The van der Waals surface area contributed by atoms with Gasteiger partial charge in [0.15, 0.2) is 6.29 Å². The van der Waals surface area contributed by atoms with Gasteiger partial charge in [-0.3, -0.25) is 9.59 Å². The molecule has 0 aliphatic carbocycles. The van der Waals surface area contributed by atoms with Crippen molar-refractivity contribution >= 4 is 12.1 Å². The molecule has 30 heavy (non-hydrogen) atoms. The van der Waals surface area contributed by atoms with Crippen LogP contribution in [0.4, 0.5) is 0 Å². The molecule has 0 amide bonds. The Hall–Kier alpha value is -0.700. The van der Waals surface area contributed by atoms with Crippen LogP contribution in [0.15, 0.2) is 0 Å². The second-order valence-electron chi connectivity index (χ2n) is 9.60. The number of hydrogen-bond donors (Lipinski definition) is 1. The van der Waals surface area contributed by atoms with Crippen LogP contribution in [0.2, 0.25) is 0 Å². The summed E-state index contributed by atoms with van der Waals surface area (Å²) in [5.74, 6) is 0.504. The second kappa shape index (κ2) is 23.0. The van der Waals surface area contributed by atoms with Crippen molar-refractivity contribution in [1.29, 1.82) is 0 Å². The molecule has 0 aromatic carbocycles. The highest BCUT2D eigenvalue weighted by atomic mass is 16.1. The van der Waals surface area contributed by atoms with Crippen molar-refractivity contribution in [3.8, 4) is 0 Å². The minimum Gasteiger partial charge on any atom is -0.321 e. The summed E-state index contributed by atoms with van der Waals surface area (Å²) in [6.45, 7) is 4.04. The van der Waals surface area contributed by atoms with E-state index in [2.05, 4.69) is 0 Å². The Morgan fingerprint density at radius 1 is 0.600 bits per heavy atom. The summed E-state index contributed by atoms with van der Waals surface area (Å²) in [4.78, 5) is 22.0. The quantitative estimate of drug-likeness (QED) is 0.161. The van der Waals surface area contributed by atoms with E-state index in [-0.39, 0.29) is 17.7 Å². The van der Waals surface area contributed by atoms with Crippen LogP contribution in [0, 0.1) is 5.92 Å². The summed E-state index contributed by atoms with van der Waals surface area (Å²) in [7, 11) is 0. The van der Waals surface area contributed by atoms with Crippen LogP contribution in [0.3, 0.4) is 0 Å². The van der Waals surface area contributed by atoms with Crippen molar-refractivity contribution in [1.82, 2.24) is 0 Å². The summed E-state index contributed by atoms with van der Waals surface area (Å²) in [5.41, 5.74) is 5.89. The fourth-order valence-corrected chi connectivity index (χ4v) is 4.04. The zero-order valence-corrected chi connectivity index (χ0v) is 20.4. The lowest BCUT2D eigenvalue weighted by atomic mass is 9.97. The minimum atomic E-state index is -0.264. The molecular formula is C27H52NO2. The Morgan fingerprint density at radius 2 is 0.900 bits per heavy atom. The summed E-state index contributed by atoms with van der Waals surface area (Å²) < 4.78 is 0. The third-order valence-corrected chi connectivity index (χ3v) is 6.29. The third-order valence-electron chi connectivity index (χ3n) is 6.29. The number of carbonyl (C=O) groups excluding carboxylic acids is 2. The number of rotatable bonds is 24. The number of unbranched alkanes of at least 4 members (excludes halogenated alkanes) is 19. The van der Waals surface area contributed by atoms with E-state index in [4.69, 9.17) is 5.73 Å². The van der Waals surface area contributed by atoms with Crippen molar-refractivity contribution in [2.24, 2.45) is 11.7 Å². The molecule has 3 heteroatoms. The van der Waals surface area contributed by atoms with Crippen LogP contribution in [0.5, 0.6) is 0 Å². The monoisotopic (exact) mass is 422 g/mol. The molecule has 0 aliphatic heterocycles. The van der Waals surface area contributed by atoms with Crippen molar-refractivity contribution in [3.05, 3.63) is 0 Å². The first-order chi connectivity index (χ1) is 14.6. The molecule has 0 aromatic rings. The zero-order chi connectivity index (χ0) is 22.3. The SMILES string of the molecule is CC(C)[C@H](N)C(=O)CCCCCCCCCCCCCCCCCCCCC[C]=O. The highest BCUT2D eigenvalue weighted by molar-refractivity contribution is 5.83. The van der Waals surface area contributed by atoms with Crippen molar-refractivity contribution in [2.75, 3.05) is 0 Å². The average Bonchev–Trinajstić information content (AvgIpc) is 2.74. The van der Waals surface area contributed by atoms with Crippen LogP contribution >= 0.6 is 0 Å². The molecule has 0 rings (SSSR count). The standard InChI is InChI=1S/C27H52NO2/c1-25(2)27(28)26(30)23-21-19-17-15-13-11-9-7-5-3-4-6-8-10-12-14-16-18-20-22-24-29/h25,27H,3-23,28H2,1-2H3/t27-/m0/s1. The van der Waals surface area contributed by atoms with Crippen LogP contribution in [0.25, 0.3) is 0 Å². The molecule has 2 N–H and O–H groups in total. The molecule has 0 heterocycles. The molecule has 0 unspecified atom stereocenters. The lowest BCUT2D eigenvalue weighted by molar-refractivity contribution is -0.121. The van der Waals surface area contributed by atoms with Gasteiger partial charge in [0.05, 0.1) is 6.04 Å². The number of Topliss-reactive ketones (excluding diaryl/α,β-unsaturated/α-hetero) is 1. The van der Waals surface area contributed by atoms with Crippen LogP contribution in [-0.4, -0.2) is 18.1 Å². The predicted molar refractivity (Wildman–Crippen MR) is 130 cm³/mol. The molecule has 177 valence electrons. The van der Waals surface area contributed by atoms with Gasteiger partial charge in [-0.15, -0.1) is 0 Å². The number of carbonyl (C=O) groups is 1. The van der Waals surface area contributed by atoms with E-state index < -0.39 is 0 Å². The van der Waals surface area contributed by atoms with Crippen molar-refractivity contribution in [2.45, 2.75) is 155 Å². The van der Waals surface area contributed by atoms with Crippen LogP contribution in [-0.2, 0) is 9.59 Å². The lowest BCUT2D eigenvalue weighted by Gasteiger charge is -2.13. The van der Waals surface area contributed by atoms with Gasteiger partial charge in [-0.2, -0.15) is 0 Å². The molecule has 0 aliphatic rings. The lowest BCUT2D eigenvalue weighted by Crippen LogP contribution is -2.35. The van der Waals surface area contributed by atoms with Gasteiger partial charge in [0, 0.05) is 12.8 Å². The summed E-state index contributed by atoms with van der Waals surface area (Å²) >= 11 is 0. The van der Waals surface area contributed by atoms with E-state index in [1.807, 2.05) is 20.1 Å². The van der Waals surface area contributed by atoms with E-state index in [1.165, 1.54) is 109 Å². The zero-order valence-electron chi connectivity index (χ0n) is 20.4. The normalized spacial score (nSPS) is 12.4. The van der Waals surface area contributed by atoms with E-state index in [1.54, 1.807) is 0 Å². The average molecular weight is 423 g/mol. The van der Waals surface area contributed by atoms with E-state index >= 15 is 0 Å². The predicted octanol–water partition coefficient (Wildman–Crippen LogP) is 7.84. The molecule has 3 nitrogen and oxygen atoms in total. The molecule has 1 atom stereocenters. The maximum absolute atomic E-state index is 11.9. The fraction of sp³-hybridized carbons (Fsp3) is 0.926. The van der Waals surface area contributed by atoms with Crippen molar-refractivity contribution < 1.29 is 9.59 Å². The molecule has 1 radical (unpaired) electrons. The maximum atomic E-state index is 11.9. The van der Waals surface area contributed by atoms with E-state index in [0.717, 1.165) is 12.8 Å². The van der Waals surface area contributed by atoms with Gasteiger partial charge in [-0.25, -0.2) is 0 Å². The fourth-order valence-electron chi connectivity index (χ4n) is 4.04. The van der Waals surface area contributed by atoms with Gasteiger partial charge in [0.2, 0.25) is 0 Å². The number of nitrogens with two attached hydrogens (primary N) is 1. The van der Waals surface area contributed by atoms with Gasteiger partial charge in [0.25, 0.3) is 0 Å². The van der Waals surface area contributed by atoms with Gasteiger partial charge >= 0.3 is 0 Å². The molecule has 0 saturated carbocycles. The Labute approximate surface area is 188 Å². The Balaban J connectivity index is 3.13. The van der Waals surface area contributed by atoms with Crippen LogP contribution in [0.1, 0.15) is 149 Å². The third kappa shape index (κ3) is 20.6. The highest BCUT2D eigenvalue weighted by Gasteiger charge is 2.15. The first-order valence-corrected chi connectivity index (χ1v) is 13.2. The second-order valence-corrected chi connectivity index (χ2v) is 9.60. The van der Waals surface area contributed by atoms with Gasteiger partial charge in [-0.1, -0.05) is 123 Å². The number of hydrogen-bond acceptors (Lipinski definition) is 3. The Bertz CT molecular complexity index is 381. The summed E-state index contributed by atoms with van der Waals surface area (Å²) in [5, 5.41) is 0. The van der Waals surface area contributed by atoms with Gasteiger partial charge < -0.3 is 5.73 Å². The maximum Gasteiger partial charge on any atom is 0.198 e. The molecule has 0 bridgehead atoms. The first kappa shape index (κ1) is 29.3. The molecule has 0 fully saturated rings. The Morgan fingerprint density at radius 3 is 1.20 bits per heavy atom. The van der Waals surface area contributed by atoms with Gasteiger partial charge in [-0.05, 0) is 18.8 Å². The smallest absolute Gasteiger partial charge is 0.198 e. The van der Waals surface area contributed by atoms with E-state index in [0.29, 0.717) is 12.8 Å².